The fraction of sp³-hybridized carbons (Fsp3) is 0.448. The van der Waals surface area contributed by atoms with Gasteiger partial charge < -0.3 is 19.2 Å². The number of hydrogen-bond acceptors (Lipinski definition) is 5. The van der Waals surface area contributed by atoms with E-state index in [9.17, 15) is 14.7 Å². The molecule has 1 saturated heterocycles. The summed E-state index contributed by atoms with van der Waals surface area (Å²) in [6.45, 7) is 5.25. The highest BCUT2D eigenvalue weighted by molar-refractivity contribution is 9.10. The molecule has 36 heavy (non-hydrogen) atoms. The molecule has 6 nitrogen and oxygen atoms in total. The Balaban J connectivity index is 1.34. The maximum atomic E-state index is 13.2. The SMILES string of the molecule is Cc1c(CC(=O)N2CCC3(O)CCCCC3C2)c(=O)oc2c(C)c(OCc3ccc(Br)cc3)ccc12. The summed E-state index contributed by atoms with van der Waals surface area (Å²) in [4.78, 5) is 28.0. The molecule has 2 unspecified atom stereocenters. The number of rotatable bonds is 5. The highest BCUT2D eigenvalue weighted by Crippen LogP contribution is 2.40. The van der Waals surface area contributed by atoms with Crippen molar-refractivity contribution >= 4 is 32.8 Å². The van der Waals surface area contributed by atoms with Crippen LogP contribution in [-0.2, 0) is 17.8 Å². The zero-order valence-electron chi connectivity index (χ0n) is 20.8. The van der Waals surface area contributed by atoms with Crippen molar-refractivity contribution in [3.8, 4) is 5.75 Å². The molecular formula is C29H32BrNO5. The maximum absolute atomic E-state index is 13.2. The molecule has 1 saturated carbocycles. The monoisotopic (exact) mass is 553 g/mol. The second-order valence-corrected chi connectivity index (χ2v) is 11.2. The van der Waals surface area contributed by atoms with E-state index >= 15 is 0 Å². The number of benzene rings is 2. The third-order valence-electron chi connectivity index (χ3n) is 8.07. The molecule has 2 fully saturated rings. The van der Waals surface area contributed by atoms with Gasteiger partial charge in [0.2, 0.25) is 5.91 Å². The van der Waals surface area contributed by atoms with Crippen LogP contribution in [0.1, 0.15) is 54.4 Å². The van der Waals surface area contributed by atoms with Crippen molar-refractivity contribution in [2.75, 3.05) is 13.1 Å². The number of halogens is 1. The highest BCUT2D eigenvalue weighted by atomic mass is 79.9. The van der Waals surface area contributed by atoms with E-state index in [2.05, 4.69) is 15.9 Å². The Morgan fingerprint density at radius 2 is 1.92 bits per heavy atom. The third kappa shape index (κ3) is 4.83. The van der Waals surface area contributed by atoms with Gasteiger partial charge in [0.05, 0.1) is 17.6 Å². The first-order chi connectivity index (χ1) is 17.2. The summed E-state index contributed by atoms with van der Waals surface area (Å²) in [6.07, 6.45) is 4.53. The number of aliphatic hydroxyl groups is 1. The van der Waals surface area contributed by atoms with Crippen LogP contribution in [0.3, 0.4) is 0 Å². The number of carbonyl (C=O) groups is 1. The average molecular weight is 554 g/mol. The van der Waals surface area contributed by atoms with Crippen LogP contribution in [-0.4, -0.2) is 34.6 Å². The van der Waals surface area contributed by atoms with E-state index in [0.29, 0.717) is 43.0 Å². The van der Waals surface area contributed by atoms with E-state index in [1.165, 1.54) is 0 Å². The molecule has 0 bridgehead atoms. The lowest BCUT2D eigenvalue weighted by Crippen LogP contribution is -2.55. The summed E-state index contributed by atoms with van der Waals surface area (Å²) in [6, 6.07) is 11.7. The number of fused-ring (bicyclic) bond motifs is 2. The summed E-state index contributed by atoms with van der Waals surface area (Å²) < 4.78 is 12.8. The minimum Gasteiger partial charge on any atom is -0.488 e. The molecule has 0 spiro atoms. The molecule has 1 N–H and O–H groups in total. The van der Waals surface area contributed by atoms with Gasteiger partial charge in [-0.2, -0.15) is 0 Å². The minimum absolute atomic E-state index is 0.0100. The van der Waals surface area contributed by atoms with Gasteiger partial charge in [-0.25, -0.2) is 4.79 Å². The van der Waals surface area contributed by atoms with Crippen molar-refractivity contribution in [2.24, 2.45) is 5.92 Å². The summed E-state index contributed by atoms with van der Waals surface area (Å²) in [5, 5.41) is 11.7. The molecule has 7 heteroatoms. The van der Waals surface area contributed by atoms with Crippen LogP contribution in [0.25, 0.3) is 11.0 Å². The molecule has 190 valence electrons. The van der Waals surface area contributed by atoms with Gasteiger partial charge in [-0.15, -0.1) is 0 Å². The number of ether oxygens (including phenoxy) is 1. The maximum Gasteiger partial charge on any atom is 0.340 e. The molecular weight excluding hydrogens is 522 g/mol. The topological polar surface area (TPSA) is 80.0 Å². The number of amides is 1. The van der Waals surface area contributed by atoms with Gasteiger partial charge in [-0.3, -0.25) is 4.79 Å². The van der Waals surface area contributed by atoms with E-state index < -0.39 is 11.2 Å². The fourth-order valence-corrected chi connectivity index (χ4v) is 6.00. The number of hydrogen-bond donors (Lipinski definition) is 1. The lowest BCUT2D eigenvalue weighted by Gasteiger charge is -2.47. The number of carbonyl (C=O) groups excluding carboxylic acids is 1. The highest BCUT2D eigenvalue weighted by Gasteiger charge is 2.43. The number of aryl methyl sites for hydroxylation is 2. The summed E-state index contributed by atoms with van der Waals surface area (Å²) in [5.41, 5.74) is 2.34. The lowest BCUT2D eigenvalue weighted by atomic mass is 9.71. The van der Waals surface area contributed by atoms with E-state index in [0.717, 1.165) is 52.2 Å². The van der Waals surface area contributed by atoms with Crippen LogP contribution >= 0.6 is 15.9 Å². The second kappa shape index (κ2) is 10.0. The zero-order valence-corrected chi connectivity index (χ0v) is 22.4. The van der Waals surface area contributed by atoms with E-state index in [1.807, 2.05) is 55.1 Å². The van der Waals surface area contributed by atoms with Crippen molar-refractivity contribution in [3.63, 3.8) is 0 Å². The van der Waals surface area contributed by atoms with Crippen molar-refractivity contribution < 1.29 is 19.1 Å². The Morgan fingerprint density at radius 1 is 1.14 bits per heavy atom. The number of likely N-dealkylation sites (tertiary alicyclic amines) is 1. The summed E-state index contributed by atoms with van der Waals surface area (Å²) >= 11 is 3.44. The fourth-order valence-electron chi connectivity index (χ4n) is 5.73. The van der Waals surface area contributed by atoms with Gasteiger partial charge >= 0.3 is 5.63 Å². The first-order valence-electron chi connectivity index (χ1n) is 12.7. The van der Waals surface area contributed by atoms with Crippen LogP contribution in [0.2, 0.25) is 0 Å². The quantitative estimate of drug-likeness (QED) is 0.425. The smallest absolute Gasteiger partial charge is 0.340 e. The van der Waals surface area contributed by atoms with Gasteiger partial charge in [0.25, 0.3) is 0 Å². The van der Waals surface area contributed by atoms with Crippen LogP contribution < -0.4 is 10.4 Å². The molecule has 2 aromatic carbocycles. The summed E-state index contributed by atoms with van der Waals surface area (Å²) in [5.74, 6) is 0.699. The molecule has 0 radical (unpaired) electrons. The zero-order chi connectivity index (χ0) is 25.4. The van der Waals surface area contributed by atoms with Crippen LogP contribution in [0.4, 0.5) is 0 Å². The molecule has 1 aromatic heterocycles. The Labute approximate surface area is 219 Å². The number of piperidine rings is 1. The molecule has 3 aromatic rings. The lowest BCUT2D eigenvalue weighted by molar-refractivity contribution is -0.142. The summed E-state index contributed by atoms with van der Waals surface area (Å²) in [7, 11) is 0. The molecule has 1 amide bonds. The van der Waals surface area contributed by atoms with Crippen LogP contribution in [0.15, 0.2) is 50.1 Å². The van der Waals surface area contributed by atoms with Gasteiger partial charge in [-0.05, 0) is 68.5 Å². The molecule has 2 heterocycles. The Hall–Kier alpha value is -2.64. The predicted molar refractivity (Wildman–Crippen MR) is 142 cm³/mol. The van der Waals surface area contributed by atoms with Gasteiger partial charge in [0.15, 0.2) is 0 Å². The van der Waals surface area contributed by atoms with E-state index in [4.69, 9.17) is 9.15 Å². The van der Waals surface area contributed by atoms with Crippen molar-refractivity contribution in [2.45, 2.75) is 64.6 Å². The van der Waals surface area contributed by atoms with Crippen LogP contribution in [0, 0.1) is 19.8 Å². The van der Waals surface area contributed by atoms with Crippen LogP contribution in [0.5, 0.6) is 5.75 Å². The number of nitrogens with zero attached hydrogens (tertiary/aromatic N) is 1. The molecule has 5 rings (SSSR count). The standard InChI is InChI=1S/C29H32BrNO5/c1-18-23-10-11-25(35-17-20-6-8-22(30)9-7-20)19(2)27(23)36-28(33)24(18)15-26(32)31-14-13-29(34)12-4-3-5-21(29)16-31/h6-11,21,34H,3-5,12-17H2,1-2H3. The third-order valence-corrected chi connectivity index (χ3v) is 8.60. The predicted octanol–water partition coefficient (Wildman–Crippen LogP) is 5.45. The molecule has 2 aliphatic rings. The Kier molecular flexibility index (Phi) is 6.97. The first-order valence-corrected chi connectivity index (χ1v) is 13.5. The van der Waals surface area contributed by atoms with Gasteiger partial charge in [-0.1, -0.05) is 40.9 Å². The largest absolute Gasteiger partial charge is 0.488 e. The Bertz CT molecular complexity index is 1350. The molecule has 1 aliphatic carbocycles. The van der Waals surface area contributed by atoms with Gasteiger partial charge in [0.1, 0.15) is 17.9 Å². The first kappa shape index (κ1) is 25.0. The normalized spacial score (nSPS) is 21.9. The minimum atomic E-state index is -0.637. The Morgan fingerprint density at radius 3 is 2.69 bits per heavy atom. The van der Waals surface area contributed by atoms with Crippen molar-refractivity contribution in [1.82, 2.24) is 4.90 Å². The molecule has 1 aliphatic heterocycles. The molecule has 2 atom stereocenters. The average Bonchev–Trinajstić information content (AvgIpc) is 2.87. The second-order valence-electron chi connectivity index (χ2n) is 10.3. The van der Waals surface area contributed by atoms with E-state index in [-0.39, 0.29) is 18.2 Å². The van der Waals surface area contributed by atoms with Crippen molar-refractivity contribution in [1.29, 1.82) is 0 Å². The van der Waals surface area contributed by atoms with E-state index in [1.54, 1.807) is 0 Å². The van der Waals surface area contributed by atoms with Gasteiger partial charge in [0, 0.05) is 34.4 Å². The van der Waals surface area contributed by atoms with Crippen molar-refractivity contribution in [3.05, 3.63) is 73.5 Å².